The van der Waals surface area contributed by atoms with Gasteiger partial charge in [0.1, 0.15) is 0 Å². The van der Waals surface area contributed by atoms with Crippen molar-refractivity contribution in [3.63, 3.8) is 0 Å². The van der Waals surface area contributed by atoms with Gasteiger partial charge in [-0.15, -0.1) is 0 Å². The van der Waals surface area contributed by atoms with Gasteiger partial charge < -0.3 is 15.7 Å². The number of hydrogen-bond acceptors (Lipinski definition) is 4. The molecule has 0 spiro atoms. The van der Waals surface area contributed by atoms with Crippen molar-refractivity contribution in [2.24, 2.45) is 4.99 Å². The molecule has 22 heavy (non-hydrogen) atoms. The van der Waals surface area contributed by atoms with Gasteiger partial charge in [-0.05, 0) is 41.3 Å². The van der Waals surface area contributed by atoms with E-state index in [1.54, 1.807) is 0 Å². The molecule has 3 N–H and O–H groups in total. The molecule has 1 aromatic carbocycles. The van der Waals surface area contributed by atoms with Crippen LogP contribution in [0.4, 0.5) is 0 Å². The number of rotatable bonds is 4. The summed E-state index contributed by atoms with van der Waals surface area (Å²) >= 11 is 0. The summed E-state index contributed by atoms with van der Waals surface area (Å²) in [5, 5.41) is 17.6. The van der Waals surface area contributed by atoms with Gasteiger partial charge in [0.05, 0.1) is 12.1 Å². The number of allylic oxidation sites excluding steroid dienone is 1. The summed E-state index contributed by atoms with van der Waals surface area (Å²) in [5.41, 5.74) is 4.16. The van der Waals surface area contributed by atoms with Crippen LogP contribution in [0.3, 0.4) is 0 Å². The van der Waals surface area contributed by atoms with Gasteiger partial charge in [0.2, 0.25) is 5.91 Å². The molecule has 0 aromatic heterocycles. The van der Waals surface area contributed by atoms with Gasteiger partial charge in [-0.3, -0.25) is 9.79 Å². The number of nitrogens with one attached hydrogen (secondary N) is 2. The number of hydrogen-bond donors (Lipinski definition) is 4. The molecule has 2 aliphatic heterocycles. The molecule has 2 heterocycles. The largest absolute Gasteiger partial charge is 0.392 e. The maximum Gasteiger partial charge on any atom is 0.237 e. The standard InChI is InChI=1S/C16H21N3O2S/c1-11-9-22(10-19-11)14-4-2-12(3-5-14)7-18-16(21)15-6-13(20)8-17-15/h2-5,9-10,13,15,17,20,22H,6-8H2,1H3,(H,18,21). The molecular formula is C16H21N3O2S. The van der Waals surface area contributed by atoms with Crippen molar-refractivity contribution in [3.05, 3.63) is 40.9 Å². The van der Waals surface area contributed by atoms with Gasteiger partial charge >= 0.3 is 0 Å². The Kier molecular flexibility index (Phi) is 4.61. The minimum Gasteiger partial charge on any atom is -0.392 e. The summed E-state index contributed by atoms with van der Waals surface area (Å²) in [6, 6.07) is 8.02. The summed E-state index contributed by atoms with van der Waals surface area (Å²) in [4.78, 5) is 17.5. The lowest BCUT2D eigenvalue weighted by atomic mass is 10.2. The number of β-amino-alcohol motifs (C(OH)–C–C–N with tert-alkyl or cyclic N) is 1. The average molecular weight is 319 g/mol. The van der Waals surface area contributed by atoms with Crippen LogP contribution in [0.1, 0.15) is 18.9 Å². The molecule has 0 bridgehead atoms. The van der Waals surface area contributed by atoms with E-state index in [1.807, 2.05) is 24.6 Å². The van der Waals surface area contributed by atoms with Crippen LogP contribution in [-0.2, 0) is 11.3 Å². The lowest BCUT2D eigenvalue weighted by molar-refractivity contribution is -0.123. The first-order valence-corrected chi connectivity index (χ1v) is 8.89. The van der Waals surface area contributed by atoms with Crippen molar-refractivity contribution < 1.29 is 9.90 Å². The molecule has 0 radical (unpaired) electrons. The molecule has 1 aromatic rings. The van der Waals surface area contributed by atoms with E-state index in [0.717, 1.165) is 11.3 Å². The normalized spacial score (nSPS) is 28.6. The molecule has 1 amide bonds. The van der Waals surface area contributed by atoms with Crippen LogP contribution >= 0.6 is 10.9 Å². The Morgan fingerprint density at radius 2 is 2.23 bits per heavy atom. The van der Waals surface area contributed by atoms with E-state index in [9.17, 15) is 9.90 Å². The summed E-state index contributed by atoms with van der Waals surface area (Å²) in [6.45, 7) is 3.01. The van der Waals surface area contributed by atoms with Crippen molar-refractivity contribution in [1.82, 2.24) is 10.6 Å². The van der Waals surface area contributed by atoms with E-state index in [0.29, 0.717) is 19.5 Å². The van der Waals surface area contributed by atoms with Crippen LogP contribution < -0.4 is 10.6 Å². The number of nitrogens with zero attached hydrogens (tertiary/aromatic N) is 1. The van der Waals surface area contributed by atoms with E-state index >= 15 is 0 Å². The third-order valence-corrected chi connectivity index (χ3v) is 5.75. The average Bonchev–Trinajstić information content (AvgIpc) is 3.14. The number of amides is 1. The van der Waals surface area contributed by atoms with Crippen molar-refractivity contribution in [2.75, 3.05) is 6.54 Å². The number of aliphatic imine (C=N–C) groups is 1. The number of carbonyl (C=O) groups excluding carboxylic acids is 1. The number of thiol groups is 1. The Balaban J connectivity index is 1.53. The zero-order valence-corrected chi connectivity index (χ0v) is 13.4. The number of aliphatic hydroxyl groups is 1. The molecule has 5 nitrogen and oxygen atoms in total. The fraction of sp³-hybridized carbons (Fsp3) is 0.375. The highest BCUT2D eigenvalue weighted by molar-refractivity contribution is 8.31. The zero-order valence-electron chi connectivity index (χ0n) is 12.5. The minimum atomic E-state index is -0.415. The van der Waals surface area contributed by atoms with E-state index in [2.05, 4.69) is 33.2 Å². The van der Waals surface area contributed by atoms with Crippen LogP contribution in [0.15, 0.2) is 45.3 Å². The molecular weight excluding hydrogens is 298 g/mol. The molecule has 0 saturated carbocycles. The molecule has 0 aliphatic carbocycles. The topological polar surface area (TPSA) is 73.7 Å². The molecule has 2 aliphatic rings. The fourth-order valence-electron chi connectivity index (χ4n) is 2.58. The lowest BCUT2D eigenvalue weighted by Crippen LogP contribution is -2.39. The van der Waals surface area contributed by atoms with Crippen LogP contribution in [0.5, 0.6) is 0 Å². The van der Waals surface area contributed by atoms with Crippen molar-refractivity contribution in [3.8, 4) is 0 Å². The Morgan fingerprint density at radius 1 is 1.45 bits per heavy atom. The molecule has 118 valence electrons. The minimum absolute atomic E-state index is 0.0496. The van der Waals surface area contributed by atoms with Gasteiger partial charge in [0, 0.05) is 24.3 Å². The van der Waals surface area contributed by atoms with Crippen LogP contribution in [0.25, 0.3) is 0 Å². The van der Waals surface area contributed by atoms with E-state index in [4.69, 9.17) is 0 Å². The van der Waals surface area contributed by atoms with Gasteiger partial charge in [0.25, 0.3) is 0 Å². The van der Waals surface area contributed by atoms with Crippen LogP contribution in [0, 0.1) is 0 Å². The van der Waals surface area contributed by atoms with Crippen LogP contribution in [-0.4, -0.2) is 35.3 Å². The molecule has 3 rings (SSSR count). The third-order valence-electron chi connectivity index (χ3n) is 3.84. The predicted octanol–water partition coefficient (Wildman–Crippen LogP) is 1.29. The summed E-state index contributed by atoms with van der Waals surface area (Å²) < 4.78 is 0. The van der Waals surface area contributed by atoms with E-state index in [-0.39, 0.29) is 11.9 Å². The van der Waals surface area contributed by atoms with Crippen molar-refractivity contribution in [1.29, 1.82) is 0 Å². The Hall–Kier alpha value is -1.63. The zero-order chi connectivity index (χ0) is 15.5. The van der Waals surface area contributed by atoms with Crippen LogP contribution in [0.2, 0.25) is 0 Å². The number of benzene rings is 1. The highest BCUT2D eigenvalue weighted by Crippen LogP contribution is 2.39. The van der Waals surface area contributed by atoms with E-state index in [1.165, 1.54) is 4.90 Å². The van der Waals surface area contributed by atoms with E-state index < -0.39 is 17.0 Å². The molecule has 1 saturated heterocycles. The Bertz CT molecular complexity index is 612. The lowest BCUT2D eigenvalue weighted by Gasteiger charge is -2.12. The smallest absolute Gasteiger partial charge is 0.237 e. The molecule has 3 atom stereocenters. The van der Waals surface area contributed by atoms with Gasteiger partial charge in [-0.1, -0.05) is 12.1 Å². The fourth-order valence-corrected chi connectivity index (χ4v) is 4.20. The monoisotopic (exact) mass is 319 g/mol. The van der Waals surface area contributed by atoms with Gasteiger partial charge in [-0.2, -0.15) is 10.9 Å². The predicted molar refractivity (Wildman–Crippen MR) is 90.2 cm³/mol. The number of aliphatic hydroxyl groups excluding tert-OH is 1. The first kappa shape index (κ1) is 15.3. The second-order valence-electron chi connectivity index (χ2n) is 5.66. The highest BCUT2D eigenvalue weighted by atomic mass is 32.2. The summed E-state index contributed by atoms with van der Waals surface area (Å²) in [7, 11) is -0.405. The highest BCUT2D eigenvalue weighted by Gasteiger charge is 2.27. The summed E-state index contributed by atoms with van der Waals surface area (Å²) in [6.07, 6.45) is 0.0713. The SMILES string of the molecule is CC1=C[SH](c2ccc(CNC(=O)C3CC(O)CN3)cc2)C=N1. The van der Waals surface area contributed by atoms with Crippen molar-refractivity contribution >= 4 is 22.3 Å². The quantitative estimate of drug-likeness (QED) is 0.632. The Morgan fingerprint density at radius 3 is 2.82 bits per heavy atom. The van der Waals surface area contributed by atoms with Gasteiger partial charge in [0.15, 0.2) is 0 Å². The second-order valence-corrected chi connectivity index (χ2v) is 7.48. The summed E-state index contributed by atoms with van der Waals surface area (Å²) in [5.74, 6) is -0.0496. The van der Waals surface area contributed by atoms with Crippen molar-refractivity contribution in [2.45, 2.75) is 36.9 Å². The third kappa shape index (κ3) is 3.58. The second kappa shape index (κ2) is 6.64. The maximum atomic E-state index is 12.0. The maximum absolute atomic E-state index is 12.0. The number of carbonyl (C=O) groups is 1. The molecule has 3 unspecified atom stereocenters. The first-order chi connectivity index (χ1) is 10.6. The molecule has 6 heteroatoms. The Labute approximate surface area is 132 Å². The molecule has 1 fully saturated rings. The first-order valence-electron chi connectivity index (χ1n) is 7.41. The van der Waals surface area contributed by atoms with Gasteiger partial charge in [-0.25, -0.2) is 0 Å².